The van der Waals surface area contributed by atoms with Crippen molar-refractivity contribution in [3.05, 3.63) is 69.7 Å². The van der Waals surface area contributed by atoms with Gasteiger partial charge in [0.1, 0.15) is 5.82 Å². The fourth-order valence-corrected chi connectivity index (χ4v) is 4.75. The van der Waals surface area contributed by atoms with Gasteiger partial charge in [0.05, 0.1) is 23.0 Å². The average Bonchev–Trinajstić information content (AvgIpc) is 3.36. The molecule has 1 aliphatic carbocycles. The standard InChI is InChI=1S/C20H17FN4OS/c21-15-1-3-16(4-2-15)25-17-9-14-5-6-22-12-20(14,10-13(17)11-24-25)18(26)19-23-7-8-27-19/h1-4,7-9,11,22H,5-6,10,12H2. The predicted octanol–water partition coefficient (Wildman–Crippen LogP) is 3.27. The highest BCUT2D eigenvalue weighted by molar-refractivity contribution is 7.11. The number of ketones is 1. The summed E-state index contributed by atoms with van der Waals surface area (Å²) in [6.45, 7) is 1.46. The number of thiazole rings is 1. The molecule has 5 nitrogen and oxygen atoms in total. The molecule has 0 saturated carbocycles. The number of hydrogen-bond acceptors (Lipinski definition) is 5. The smallest absolute Gasteiger partial charge is 0.203 e. The maximum absolute atomic E-state index is 13.3. The summed E-state index contributed by atoms with van der Waals surface area (Å²) < 4.78 is 15.1. The topological polar surface area (TPSA) is 59.8 Å². The van der Waals surface area contributed by atoms with Gasteiger partial charge in [-0.05, 0) is 55.3 Å². The van der Waals surface area contributed by atoms with Crippen molar-refractivity contribution in [1.82, 2.24) is 20.1 Å². The van der Waals surface area contributed by atoms with E-state index in [-0.39, 0.29) is 11.6 Å². The molecule has 1 N–H and O–H groups in total. The lowest BCUT2D eigenvalue weighted by atomic mass is 9.66. The van der Waals surface area contributed by atoms with Gasteiger partial charge >= 0.3 is 0 Å². The fourth-order valence-electron chi connectivity index (χ4n) is 4.07. The van der Waals surface area contributed by atoms with E-state index in [1.54, 1.807) is 18.3 Å². The van der Waals surface area contributed by atoms with E-state index in [2.05, 4.69) is 21.5 Å². The largest absolute Gasteiger partial charge is 0.315 e. The Morgan fingerprint density at radius 1 is 1.30 bits per heavy atom. The highest BCUT2D eigenvalue weighted by Crippen LogP contribution is 2.44. The molecule has 2 aliphatic rings. The van der Waals surface area contributed by atoms with Gasteiger partial charge in [-0.25, -0.2) is 14.1 Å². The quantitative estimate of drug-likeness (QED) is 0.709. The van der Waals surface area contributed by atoms with Crippen molar-refractivity contribution in [2.24, 2.45) is 5.41 Å². The first kappa shape index (κ1) is 16.5. The third-order valence-electron chi connectivity index (χ3n) is 5.43. The Morgan fingerprint density at radius 3 is 2.93 bits per heavy atom. The molecule has 136 valence electrons. The van der Waals surface area contributed by atoms with E-state index in [1.807, 2.05) is 16.3 Å². The second-order valence-electron chi connectivity index (χ2n) is 6.96. The van der Waals surface area contributed by atoms with Crippen LogP contribution in [0.3, 0.4) is 0 Å². The molecule has 1 aromatic carbocycles. The van der Waals surface area contributed by atoms with Crippen molar-refractivity contribution in [3.8, 4) is 5.69 Å². The molecule has 0 amide bonds. The van der Waals surface area contributed by atoms with Crippen LogP contribution in [0.25, 0.3) is 11.8 Å². The van der Waals surface area contributed by atoms with E-state index in [1.165, 1.54) is 23.5 Å². The molecule has 5 rings (SSSR count). The lowest BCUT2D eigenvalue weighted by Gasteiger charge is -2.40. The van der Waals surface area contributed by atoms with Crippen molar-refractivity contribution in [2.45, 2.75) is 12.8 Å². The summed E-state index contributed by atoms with van der Waals surface area (Å²) in [5.41, 5.74) is 3.33. The van der Waals surface area contributed by atoms with Crippen LogP contribution in [0.2, 0.25) is 0 Å². The first-order chi connectivity index (χ1) is 13.2. The maximum atomic E-state index is 13.3. The van der Waals surface area contributed by atoms with Gasteiger partial charge in [0.15, 0.2) is 5.01 Å². The van der Waals surface area contributed by atoms with Gasteiger partial charge in [0.2, 0.25) is 5.78 Å². The first-order valence-electron chi connectivity index (χ1n) is 8.86. The molecule has 1 unspecified atom stereocenters. The summed E-state index contributed by atoms with van der Waals surface area (Å²) >= 11 is 1.39. The van der Waals surface area contributed by atoms with Crippen LogP contribution >= 0.6 is 11.3 Å². The van der Waals surface area contributed by atoms with E-state index in [4.69, 9.17) is 0 Å². The average molecular weight is 380 g/mol. The van der Waals surface area contributed by atoms with Gasteiger partial charge in [-0.3, -0.25) is 4.79 Å². The van der Waals surface area contributed by atoms with Gasteiger partial charge in [-0.2, -0.15) is 5.10 Å². The number of carbonyl (C=O) groups is 1. The van der Waals surface area contributed by atoms with Crippen LogP contribution in [0, 0.1) is 11.2 Å². The van der Waals surface area contributed by atoms with Crippen molar-refractivity contribution < 1.29 is 9.18 Å². The monoisotopic (exact) mass is 380 g/mol. The number of fused-ring (bicyclic) bond motifs is 2. The number of nitrogens with one attached hydrogen (secondary N) is 1. The molecular formula is C20H17FN4OS. The number of benzene rings is 1. The Kier molecular flexibility index (Phi) is 3.80. The number of nitrogens with zero attached hydrogens (tertiary/aromatic N) is 3. The van der Waals surface area contributed by atoms with E-state index >= 15 is 0 Å². The van der Waals surface area contributed by atoms with Crippen LogP contribution < -0.4 is 5.32 Å². The van der Waals surface area contributed by atoms with Gasteiger partial charge < -0.3 is 5.32 Å². The Hall–Kier alpha value is -2.64. The van der Waals surface area contributed by atoms with Crippen molar-refractivity contribution in [1.29, 1.82) is 0 Å². The van der Waals surface area contributed by atoms with Crippen molar-refractivity contribution in [3.63, 3.8) is 0 Å². The summed E-state index contributed by atoms with van der Waals surface area (Å²) in [6.07, 6.45) is 7.00. The second-order valence-corrected chi connectivity index (χ2v) is 7.86. The van der Waals surface area contributed by atoms with Crippen LogP contribution in [0.1, 0.15) is 27.5 Å². The molecule has 3 aromatic rings. The van der Waals surface area contributed by atoms with E-state index in [9.17, 15) is 9.18 Å². The molecule has 0 radical (unpaired) electrons. The minimum atomic E-state index is -0.597. The Morgan fingerprint density at radius 2 is 2.15 bits per heavy atom. The summed E-state index contributed by atoms with van der Waals surface area (Å²) in [6, 6.07) is 6.29. The lowest BCUT2D eigenvalue weighted by molar-refractivity contribution is 0.0817. The molecule has 27 heavy (non-hydrogen) atoms. The number of halogens is 1. The summed E-state index contributed by atoms with van der Waals surface area (Å²) in [5, 5.41) is 10.3. The zero-order valence-electron chi connectivity index (χ0n) is 14.5. The fraction of sp³-hybridized carbons (Fsp3) is 0.250. The second kappa shape index (κ2) is 6.21. The zero-order chi connectivity index (χ0) is 18.4. The van der Waals surface area contributed by atoms with E-state index in [0.717, 1.165) is 35.5 Å². The van der Waals surface area contributed by atoms with Crippen molar-refractivity contribution >= 4 is 23.2 Å². The van der Waals surface area contributed by atoms with Crippen LogP contribution in [0.15, 0.2) is 47.6 Å². The predicted molar refractivity (Wildman–Crippen MR) is 102 cm³/mol. The Balaban J connectivity index is 1.61. The number of Topliss-reactive ketones (excluding diaryl/α,β-unsaturated/α-hetero) is 1. The molecule has 3 heterocycles. The Labute approximate surface area is 159 Å². The zero-order valence-corrected chi connectivity index (χ0v) is 15.3. The summed E-state index contributed by atoms with van der Waals surface area (Å²) in [4.78, 5) is 17.6. The molecule has 7 heteroatoms. The SMILES string of the molecule is O=C(c1nccs1)C12CNCCC1=Cc1c(cnn1-c1ccc(F)cc1)C2. The number of aromatic nitrogens is 3. The molecule has 1 atom stereocenters. The summed E-state index contributed by atoms with van der Waals surface area (Å²) in [5.74, 6) is -0.194. The molecule has 1 aliphatic heterocycles. The first-order valence-corrected chi connectivity index (χ1v) is 9.74. The number of carbonyl (C=O) groups excluding carboxylic acids is 1. The highest BCUT2D eigenvalue weighted by atomic mass is 32.1. The maximum Gasteiger partial charge on any atom is 0.203 e. The highest BCUT2D eigenvalue weighted by Gasteiger charge is 2.47. The number of rotatable bonds is 3. The lowest BCUT2D eigenvalue weighted by Crippen LogP contribution is -2.49. The van der Waals surface area contributed by atoms with Crippen LogP contribution in [-0.4, -0.2) is 33.6 Å². The van der Waals surface area contributed by atoms with E-state index in [0.29, 0.717) is 18.0 Å². The van der Waals surface area contributed by atoms with Crippen LogP contribution in [-0.2, 0) is 6.42 Å². The van der Waals surface area contributed by atoms with Gasteiger partial charge in [-0.15, -0.1) is 11.3 Å². The van der Waals surface area contributed by atoms with Gasteiger partial charge in [0.25, 0.3) is 0 Å². The number of piperidine rings is 1. The Bertz CT molecular complexity index is 1040. The third kappa shape index (κ3) is 2.57. The van der Waals surface area contributed by atoms with Crippen LogP contribution in [0.4, 0.5) is 4.39 Å². The summed E-state index contributed by atoms with van der Waals surface area (Å²) in [7, 11) is 0. The molecule has 0 bridgehead atoms. The molecule has 1 saturated heterocycles. The normalized spacial score (nSPS) is 21.3. The minimum Gasteiger partial charge on any atom is -0.315 e. The molecule has 0 spiro atoms. The molecule has 1 fully saturated rings. The number of hydrogen-bond donors (Lipinski definition) is 1. The minimum absolute atomic E-state index is 0.0798. The molecular weight excluding hydrogens is 363 g/mol. The molecule has 2 aromatic heterocycles. The van der Waals surface area contributed by atoms with Crippen LogP contribution in [0.5, 0.6) is 0 Å². The third-order valence-corrected chi connectivity index (χ3v) is 6.21. The van der Waals surface area contributed by atoms with Gasteiger partial charge in [-0.1, -0.05) is 5.57 Å². The van der Waals surface area contributed by atoms with Gasteiger partial charge in [0, 0.05) is 18.1 Å². The van der Waals surface area contributed by atoms with E-state index < -0.39 is 5.41 Å². The van der Waals surface area contributed by atoms with Crippen molar-refractivity contribution in [2.75, 3.05) is 13.1 Å².